The molecular weight excluding hydrogens is 204 g/mol. The molecule has 4 heteroatoms. The van der Waals surface area contributed by atoms with Gasteiger partial charge in [-0.15, -0.1) is 5.26 Å². The second-order valence-electron chi connectivity index (χ2n) is 2.99. The summed E-state index contributed by atoms with van der Waals surface area (Å²) >= 11 is 0. The Morgan fingerprint density at radius 1 is 1.44 bits per heavy atom. The second-order valence-corrected chi connectivity index (χ2v) is 2.99. The van der Waals surface area contributed by atoms with Gasteiger partial charge in [-0.2, -0.15) is 0 Å². The Morgan fingerprint density at radius 2 is 2.06 bits per heavy atom. The molecule has 0 aliphatic carbocycles. The monoisotopic (exact) mass is 220 g/mol. The van der Waals surface area contributed by atoms with Crippen molar-refractivity contribution in [1.29, 1.82) is 5.26 Å². The molecule has 0 unspecified atom stereocenters. The van der Waals surface area contributed by atoms with Gasteiger partial charge in [0, 0.05) is 0 Å². The molecule has 0 fully saturated rings. The minimum atomic E-state index is -0.618. The second kappa shape index (κ2) is 9.69. The summed E-state index contributed by atoms with van der Waals surface area (Å²) < 4.78 is 4.09. The predicted molar refractivity (Wildman–Crippen MR) is 61.4 cm³/mol. The van der Waals surface area contributed by atoms with Crippen LogP contribution in [0.3, 0.4) is 0 Å². The van der Waals surface area contributed by atoms with E-state index in [1.807, 2.05) is 0 Å². The highest BCUT2D eigenvalue weighted by Crippen LogP contribution is 1.99. The van der Waals surface area contributed by atoms with Crippen molar-refractivity contribution in [2.75, 3.05) is 6.54 Å². The SMILES string of the molecule is CCCCN.N#COC(=O)c1ccccc1. The molecule has 0 bridgehead atoms. The minimum Gasteiger partial charge on any atom is -0.347 e. The molecule has 0 saturated carbocycles. The Bertz CT molecular complexity index is 329. The number of nitrogens with zero attached hydrogens (tertiary/aromatic N) is 1. The number of ether oxygens (including phenoxy) is 1. The van der Waals surface area contributed by atoms with Crippen molar-refractivity contribution in [1.82, 2.24) is 0 Å². The standard InChI is InChI=1S/C8H5NO2.C4H11N/c9-6-11-8(10)7-4-2-1-3-5-7;1-2-3-4-5/h1-5H;2-5H2,1H3. The van der Waals surface area contributed by atoms with Gasteiger partial charge in [0.15, 0.2) is 0 Å². The molecule has 0 spiro atoms. The molecule has 0 radical (unpaired) electrons. The van der Waals surface area contributed by atoms with Crippen molar-refractivity contribution in [3.63, 3.8) is 0 Å². The number of carbonyl (C=O) groups is 1. The fraction of sp³-hybridized carbons (Fsp3) is 0.333. The normalized spacial score (nSPS) is 8.31. The van der Waals surface area contributed by atoms with E-state index in [0.29, 0.717) is 5.56 Å². The third-order valence-corrected chi connectivity index (χ3v) is 1.71. The summed E-state index contributed by atoms with van der Waals surface area (Å²) in [5.74, 6) is -0.618. The fourth-order valence-corrected chi connectivity index (χ4v) is 0.879. The van der Waals surface area contributed by atoms with Crippen LogP contribution < -0.4 is 5.73 Å². The van der Waals surface area contributed by atoms with Crippen LogP contribution >= 0.6 is 0 Å². The van der Waals surface area contributed by atoms with E-state index in [0.717, 1.165) is 6.54 Å². The molecule has 0 aliphatic heterocycles. The molecule has 16 heavy (non-hydrogen) atoms. The van der Waals surface area contributed by atoms with Gasteiger partial charge in [-0.25, -0.2) is 4.79 Å². The fourth-order valence-electron chi connectivity index (χ4n) is 0.879. The molecule has 86 valence electrons. The zero-order valence-corrected chi connectivity index (χ0v) is 9.35. The van der Waals surface area contributed by atoms with Crippen LogP contribution in [-0.2, 0) is 4.74 Å². The maximum Gasteiger partial charge on any atom is 0.353 e. The van der Waals surface area contributed by atoms with Crippen LogP contribution in [0.5, 0.6) is 0 Å². The molecule has 4 nitrogen and oxygen atoms in total. The zero-order valence-electron chi connectivity index (χ0n) is 9.35. The average molecular weight is 220 g/mol. The lowest BCUT2D eigenvalue weighted by Gasteiger charge is -1.92. The van der Waals surface area contributed by atoms with Crippen LogP contribution in [-0.4, -0.2) is 12.5 Å². The van der Waals surface area contributed by atoms with Crippen molar-refractivity contribution in [2.24, 2.45) is 5.73 Å². The van der Waals surface area contributed by atoms with Gasteiger partial charge in [0.2, 0.25) is 0 Å². The maximum absolute atomic E-state index is 10.8. The molecule has 0 heterocycles. The van der Waals surface area contributed by atoms with E-state index in [2.05, 4.69) is 11.7 Å². The highest BCUT2D eigenvalue weighted by Gasteiger charge is 2.03. The average Bonchev–Trinajstić information content (AvgIpc) is 2.32. The molecule has 1 rings (SSSR count). The summed E-state index contributed by atoms with van der Waals surface area (Å²) in [6, 6.07) is 8.35. The van der Waals surface area contributed by atoms with Crippen LogP contribution in [0.2, 0.25) is 0 Å². The number of nitrogens with two attached hydrogens (primary N) is 1. The number of benzene rings is 1. The first-order valence-corrected chi connectivity index (χ1v) is 5.11. The van der Waals surface area contributed by atoms with Crippen molar-refractivity contribution in [3.05, 3.63) is 35.9 Å². The van der Waals surface area contributed by atoms with Crippen LogP contribution in [0.1, 0.15) is 30.1 Å². The third-order valence-electron chi connectivity index (χ3n) is 1.71. The molecule has 0 amide bonds. The van der Waals surface area contributed by atoms with Gasteiger partial charge in [0.25, 0.3) is 6.26 Å². The number of nitriles is 1. The molecule has 1 aromatic carbocycles. The number of hydrogen-bond donors (Lipinski definition) is 1. The Kier molecular flexibility index (Phi) is 8.56. The van der Waals surface area contributed by atoms with Crippen molar-refractivity contribution < 1.29 is 9.53 Å². The number of esters is 1. The van der Waals surface area contributed by atoms with Gasteiger partial charge in [-0.1, -0.05) is 31.5 Å². The summed E-state index contributed by atoms with van der Waals surface area (Å²) in [5.41, 5.74) is 5.52. The summed E-state index contributed by atoms with van der Waals surface area (Å²) in [6.45, 7) is 2.98. The molecule has 0 aromatic heterocycles. The molecule has 0 saturated heterocycles. The van der Waals surface area contributed by atoms with E-state index in [-0.39, 0.29) is 0 Å². The molecule has 1 aromatic rings. The number of hydrogen-bond acceptors (Lipinski definition) is 4. The van der Waals surface area contributed by atoms with E-state index in [4.69, 9.17) is 11.0 Å². The quantitative estimate of drug-likeness (QED) is 0.625. The number of rotatable bonds is 3. The Balaban J connectivity index is 0.000000385. The minimum absolute atomic E-state index is 0.383. The first-order valence-electron chi connectivity index (χ1n) is 5.11. The Hall–Kier alpha value is -1.86. The van der Waals surface area contributed by atoms with Crippen molar-refractivity contribution >= 4 is 5.97 Å². The predicted octanol–water partition coefficient (Wildman–Crippen LogP) is 2.07. The van der Waals surface area contributed by atoms with Gasteiger partial charge in [-0.05, 0) is 25.1 Å². The third kappa shape index (κ3) is 6.57. The lowest BCUT2D eigenvalue weighted by Crippen LogP contribution is -1.99. The molecule has 0 aliphatic rings. The number of carbonyl (C=O) groups excluding carboxylic acids is 1. The lowest BCUT2D eigenvalue weighted by molar-refractivity contribution is 0.0685. The van der Waals surface area contributed by atoms with Crippen molar-refractivity contribution in [2.45, 2.75) is 19.8 Å². The highest BCUT2D eigenvalue weighted by molar-refractivity contribution is 5.89. The lowest BCUT2D eigenvalue weighted by atomic mass is 10.2. The molecular formula is C12H16N2O2. The van der Waals surface area contributed by atoms with Crippen molar-refractivity contribution in [3.8, 4) is 6.26 Å². The molecule has 0 atom stereocenters. The molecule has 2 N–H and O–H groups in total. The topological polar surface area (TPSA) is 76.1 Å². The summed E-state index contributed by atoms with van der Waals surface area (Å²) in [7, 11) is 0. The Morgan fingerprint density at radius 3 is 2.44 bits per heavy atom. The maximum atomic E-state index is 10.8. The van der Waals surface area contributed by atoms with E-state index in [1.54, 1.807) is 30.3 Å². The van der Waals surface area contributed by atoms with Crippen LogP contribution in [0.4, 0.5) is 0 Å². The summed E-state index contributed by atoms with van der Waals surface area (Å²) in [5, 5.41) is 8.00. The smallest absolute Gasteiger partial charge is 0.347 e. The zero-order chi connectivity index (χ0) is 12.2. The van der Waals surface area contributed by atoms with Crippen LogP contribution in [0, 0.1) is 11.5 Å². The summed E-state index contributed by atoms with van der Waals surface area (Å²) in [6.07, 6.45) is 3.70. The van der Waals surface area contributed by atoms with E-state index >= 15 is 0 Å². The van der Waals surface area contributed by atoms with Gasteiger partial charge in [0.1, 0.15) is 0 Å². The van der Waals surface area contributed by atoms with Gasteiger partial charge < -0.3 is 10.5 Å². The largest absolute Gasteiger partial charge is 0.353 e. The first-order chi connectivity index (χ1) is 7.76. The van der Waals surface area contributed by atoms with E-state index in [9.17, 15) is 4.79 Å². The van der Waals surface area contributed by atoms with Gasteiger partial charge >= 0.3 is 5.97 Å². The Labute approximate surface area is 95.6 Å². The first kappa shape index (κ1) is 14.1. The van der Waals surface area contributed by atoms with Gasteiger partial charge in [-0.3, -0.25) is 0 Å². The van der Waals surface area contributed by atoms with Crippen LogP contribution in [0.15, 0.2) is 30.3 Å². The van der Waals surface area contributed by atoms with Gasteiger partial charge in [0.05, 0.1) is 5.56 Å². The summed E-state index contributed by atoms with van der Waals surface area (Å²) in [4.78, 5) is 10.8. The number of unbranched alkanes of at least 4 members (excludes halogenated alkanes) is 1. The van der Waals surface area contributed by atoms with E-state index < -0.39 is 5.97 Å². The highest BCUT2D eigenvalue weighted by atomic mass is 16.5. The van der Waals surface area contributed by atoms with E-state index in [1.165, 1.54) is 19.1 Å². The van der Waals surface area contributed by atoms with Crippen LogP contribution in [0.25, 0.3) is 0 Å².